The summed E-state index contributed by atoms with van der Waals surface area (Å²) in [7, 11) is 1.62. The number of carbonyl (C=O) groups is 1. The van der Waals surface area contributed by atoms with Crippen LogP contribution < -0.4 is 0 Å². The van der Waals surface area contributed by atoms with Crippen molar-refractivity contribution in [3.63, 3.8) is 0 Å². The molecule has 0 saturated carbocycles. The van der Waals surface area contributed by atoms with Crippen LogP contribution in [0.5, 0.6) is 0 Å². The number of benzene rings is 1. The van der Waals surface area contributed by atoms with Crippen LogP contribution in [0.4, 0.5) is 0 Å². The molecule has 0 fully saturated rings. The minimum Gasteiger partial charge on any atom is -0.456 e. The SMILES string of the molecule is CCCCC(COC)OC(=O)c1cccc(C)c1. The van der Waals surface area contributed by atoms with Crippen molar-refractivity contribution in [2.45, 2.75) is 39.2 Å². The number of hydrogen-bond acceptors (Lipinski definition) is 3. The highest BCUT2D eigenvalue weighted by Gasteiger charge is 2.15. The van der Waals surface area contributed by atoms with Crippen LogP contribution >= 0.6 is 0 Å². The lowest BCUT2D eigenvalue weighted by atomic mass is 10.1. The van der Waals surface area contributed by atoms with Crippen molar-refractivity contribution in [2.75, 3.05) is 13.7 Å². The average Bonchev–Trinajstić information content (AvgIpc) is 2.36. The van der Waals surface area contributed by atoms with E-state index in [-0.39, 0.29) is 12.1 Å². The lowest BCUT2D eigenvalue weighted by Gasteiger charge is -2.16. The van der Waals surface area contributed by atoms with E-state index in [0.717, 1.165) is 24.8 Å². The van der Waals surface area contributed by atoms with Gasteiger partial charge >= 0.3 is 5.97 Å². The molecule has 0 spiro atoms. The fourth-order valence-electron chi connectivity index (χ4n) is 1.79. The molecule has 3 nitrogen and oxygen atoms in total. The third-order valence-corrected chi connectivity index (χ3v) is 2.76. The minimum atomic E-state index is -0.267. The van der Waals surface area contributed by atoms with Crippen LogP contribution in [0.25, 0.3) is 0 Å². The van der Waals surface area contributed by atoms with E-state index in [1.54, 1.807) is 13.2 Å². The molecule has 0 amide bonds. The maximum atomic E-state index is 12.0. The molecule has 0 N–H and O–H groups in total. The Kier molecular flexibility index (Phi) is 6.44. The van der Waals surface area contributed by atoms with Gasteiger partial charge in [-0.25, -0.2) is 4.79 Å². The molecule has 0 bridgehead atoms. The second kappa shape index (κ2) is 7.88. The fourth-order valence-corrected chi connectivity index (χ4v) is 1.79. The van der Waals surface area contributed by atoms with E-state index in [4.69, 9.17) is 9.47 Å². The first-order valence-corrected chi connectivity index (χ1v) is 6.44. The first-order valence-electron chi connectivity index (χ1n) is 6.44. The monoisotopic (exact) mass is 250 g/mol. The van der Waals surface area contributed by atoms with Gasteiger partial charge in [0.05, 0.1) is 12.2 Å². The van der Waals surface area contributed by atoms with Gasteiger partial charge in [0.2, 0.25) is 0 Å². The van der Waals surface area contributed by atoms with Crippen molar-refractivity contribution in [3.8, 4) is 0 Å². The van der Waals surface area contributed by atoms with E-state index in [9.17, 15) is 4.79 Å². The van der Waals surface area contributed by atoms with Crippen LogP contribution in [0.2, 0.25) is 0 Å². The van der Waals surface area contributed by atoms with Crippen molar-refractivity contribution >= 4 is 5.97 Å². The van der Waals surface area contributed by atoms with E-state index in [1.165, 1.54) is 0 Å². The van der Waals surface area contributed by atoms with E-state index < -0.39 is 0 Å². The molecule has 0 radical (unpaired) electrons. The summed E-state index contributed by atoms with van der Waals surface area (Å²) in [6.45, 7) is 4.53. The molecule has 18 heavy (non-hydrogen) atoms. The number of unbranched alkanes of at least 4 members (excludes halogenated alkanes) is 1. The summed E-state index contributed by atoms with van der Waals surface area (Å²) in [4.78, 5) is 12.0. The summed E-state index contributed by atoms with van der Waals surface area (Å²) < 4.78 is 10.6. The van der Waals surface area contributed by atoms with Crippen molar-refractivity contribution in [2.24, 2.45) is 0 Å². The first kappa shape index (κ1) is 14.7. The Labute approximate surface area is 109 Å². The number of esters is 1. The van der Waals surface area contributed by atoms with Crippen molar-refractivity contribution in [1.29, 1.82) is 0 Å². The Balaban J connectivity index is 2.59. The lowest BCUT2D eigenvalue weighted by Crippen LogP contribution is -2.23. The zero-order chi connectivity index (χ0) is 13.4. The van der Waals surface area contributed by atoms with Crippen LogP contribution in [0.1, 0.15) is 42.1 Å². The summed E-state index contributed by atoms with van der Waals surface area (Å²) in [5.74, 6) is -0.267. The quantitative estimate of drug-likeness (QED) is 0.696. The van der Waals surface area contributed by atoms with Gasteiger partial charge in [-0.05, 0) is 31.9 Å². The Morgan fingerprint density at radius 2 is 2.17 bits per heavy atom. The Bertz CT molecular complexity index is 374. The van der Waals surface area contributed by atoms with Gasteiger partial charge in [0.25, 0.3) is 0 Å². The third-order valence-electron chi connectivity index (χ3n) is 2.76. The van der Waals surface area contributed by atoms with E-state index in [2.05, 4.69) is 6.92 Å². The molecular weight excluding hydrogens is 228 g/mol. The molecule has 1 aromatic rings. The zero-order valence-electron chi connectivity index (χ0n) is 11.4. The van der Waals surface area contributed by atoms with Gasteiger partial charge in [-0.1, -0.05) is 31.0 Å². The second-order valence-electron chi connectivity index (χ2n) is 4.49. The van der Waals surface area contributed by atoms with Crippen LogP contribution in [0.3, 0.4) is 0 Å². The molecule has 1 rings (SSSR count). The molecule has 1 aromatic carbocycles. The van der Waals surface area contributed by atoms with Gasteiger partial charge in [0.1, 0.15) is 6.10 Å². The normalized spacial score (nSPS) is 12.2. The van der Waals surface area contributed by atoms with E-state index in [1.807, 2.05) is 25.1 Å². The molecule has 1 atom stereocenters. The molecule has 0 aliphatic rings. The smallest absolute Gasteiger partial charge is 0.338 e. The van der Waals surface area contributed by atoms with E-state index >= 15 is 0 Å². The van der Waals surface area contributed by atoms with Crippen molar-refractivity contribution in [1.82, 2.24) is 0 Å². The molecule has 3 heteroatoms. The Morgan fingerprint density at radius 1 is 1.39 bits per heavy atom. The second-order valence-corrected chi connectivity index (χ2v) is 4.49. The van der Waals surface area contributed by atoms with E-state index in [0.29, 0.717) is 12.2 Å². The molecule has 0 aliphatic heterocycles. The first-order chi connectivity index (χ1) is 8.67. The molecule has 0 heterocycles. The van der Waals surface area contributed by atoms with Gasteiger partial charge < -0.3 is 9.47 Å². The van der Waals surface area contributed by atoms with Crippen LogP contribution in [0.15, 0.2) is 24.3 Å². The van der Waals surface area contributed by atoms with Crippen LogP contribution in [0, 0.1) is 6.92 Å². The number of ether oxygens (including phenoxy) is 2. The maximum Gasteiger partial charge on any atom is 0.338 e. The number of rotatable bonds is 7. The standard InChI is InChI=1S/C15H22O3/c1-4-5-9-14(11-17-3)18-15(16)13-8-6-7-12(2)10-13/h6-8,10,14H,4-5,9,11H2,1-3H3. The highest BCUT2D eigenvalue weighted by Crippen LogP contribution is 2.11. The third kappa shape index (κ3) is 4.88. The van der Waals surface area contributed by atoms with Gasteiger partial charge in [-0.15, -0.1) is 0 Å². The summed E-state index contributed by atoms with van der Waals surface area (Å²) in [5, 5.41) is 0. The molecule has 0 aliphatic carbocycles. The van der Waals surface area contributed by atoms with Gasteiger partial charge in [-0.3, -0.25) is 0 Å². The number of carbonyl (C=O) groups excluding carboxylic acids is 1. The molecule has 100 valence electrons. The molecule has 0 aromatic heterocycles. The largest absolute Gasteiger partial charge is 0.456 e. The number of hydrogen-bond donors (Lipinski definition) is 0. The average molecular weight is 250 g/mol. The molecule has 1 unspecified atom stereocenters. The van der Waals surface area contributed by atoms with Gasteiger partial charge in [-0.2, -0.15) is 0 Å². The molecule has 0 saturated heterocycles. The van der Waals surface area contributed by atoms with Crippen molar-refractivity contribution in [3.05, 3.63) is 35.4 Å². The zero-order valence-corrected chi connectivity index (χ0v) is 11.4. The lowest BCUT2D eigenvalue weighted by molar-refractivity contribution is 0.00251. The molecular formula is C15H22O3. The summed E-state index contributed by atoms with van der Waals surface area (Å²) >= 11 is 0. The Hall–Kier alpha value is -1.35. The van der Waals surface area contributed by atoms with Crippen LogP contribution in [-0.4, -0.2) is 25.8 Å². The predicted octanol–water partition coefficient (Wildman–Crippen LogP) is 3.36. The van der Waals surface area contributed by atoms with Gasteiger partial charge in [0, 0.05) is 7.11 Å². The maximum absolute atomic E-state index is 12.0. The number of methoxy groups -OCH3 is 1. The van der Waals surface area contributed by atoms with Gasteiger partial charge in [0.15, 0.2) is 0 Å². The summed E-state index contributed by atoms with van der Waals surface area (Å²) in [5.41, 5.74) is 1.66. The summed E-state index contributed by atoms with van der Waals surface area (Å²) in [6, 6.07) is 7.44. The fraction of sp³-hybridized carbons (Fsp3) is 0.533. The van der Waals surface area contributed by atoms with Crippen molar-refractivity contribution < 1.29 is 14.3 Å². The highest BCUT2D eigenvalue weighted by molar-refractivity contribution is 5.89. The van der Waals surface area contributed by atoms with Crippen LogP contribution in [-0.2, 0) is 9.47 Å². The number of aryl methyl sites for hydroxylation is 1. The Morgan fingerprint density at radius 3 is 2.78 bits per heavy atom. The predicted molar refractivity (Wildman–Crippen MR) is 71.8 cm³/mol. The highest BCUT2D eigenvalue weighted by atomic mass is 16.6. The topological polar surface area (TPSA) is 35.5 Å². The summed E-state index contributed by atoms with van der Waals surface area (Å²) in [6.07, 6.45) is 2.82. The minimum absolute atomic E-state index is 0.150.